The van der Waals surface area contributed by atoms with Crippen molar-refractivity contribution in [3.63, 3.8) is 0 Å². The Balaban J connectivity index is 2.00. The lowest BCUT2D eigenvalue weighted by atomic mass is 9.80. The molecule has 3 aromatic carbocycles. The Hall–Kier alpha value is -5.77. The smallest absolute Gasteiger partial charge is 0.416 e. The van der Waals surface area contributed by atoms with Gasteiger partial charge in [0.25, 0.3) is 5.91 Å². The van der Waals surface area contributed by atoms with Gasteiger partial charge in [-0.05, 0) is 35.9 Å². The lowest BCUT2D eigenvalue weighted by Crippen LogP contribution is -2.42. The zero-order valence-electron chi connectivity index (χ0n) is 22.7. The predicted molar refractivity (Wildman–Crippen MR) is 149 cm³/mol. The van der Waals surface area contributed by atoms with Crippen molar-refractivity contribution < 1.29 is 37.0 Å². The molecule has 0 aromatic heterocycles. The van der Waals surface area contributed by atoms with Crippen molar-refractivity contribution in [2.45, 2.75) is 12.1 Å². The topological polar surface area (TPSA) is 147 Å². The summed E-state index contributed by atoms with van der Waals surface area (Å²) in [5.41, 5.74) is 8.91. The number of para-hydroxylation sites is 1. The fourth-order valence-corrected chi connectivity index (χ4v) is 4.57. The summed E-state index contributed by atoms with van der Waals surface area (Å²) in [5, 5.41) is 10.2. The molecule has 10 nitrogen and oxygen atoms in total. The molecule has 1 amide bonds. The number of allylic oxidation sites excluding steroid dienone is 1. The molecule has 1 aliphatic heterocycles. The summed E-state index contributed by atoms with van der Waals surface area (Å²) >= 11 is 0. The summed E-state index contributed by atoms with van der Waals surface area (Å²) < 4.78 is 51.3. The molecule has 0 spiro atoms. The third kappa shape index (κ3) is 5.98. The van der Waals surface area contributed by atoms with Crippen molar-refractivity contribution in [2.24, 2.45) is 5.73 Å². The number of carbonyl (C=O) groups excluding carboxylic acids is 3. The molecule has 1 heterocycles. The van der Waals surface area contributed by atoms with E-state index >= 15 is 0 Å². The minimum absolute atomic E-state index is 0.229. The van der Waals surface area contributed by atoms with Crippen molar-refractivity contribution >= 4 is 29.2 Å². The first kappa shape index (κ1) is 30.2. The van der Waals surface area contributed by atoms with Crippen LogP contribution in [0.25, 0.3) is 0 Å². The molecule has 43 heavy (non-hydrogen) atoms. The van der Waals surface area contributed by atoms with E-state index in [1.54, 1.807) is 60.7 Å². The highest BCUT2D eigenvalue weighted by Gasteiger charge is 2.44. The average molecular weight is 592 g/mol. The molecule has 0 radical (unpaired) electrons. The van der Waals surface area contributed by atoms with Crippen LogP contribution >= 0.6 is 0 Å². The number of ether oxygens (including phenoxy) is 2. The van der Waals surface area contributed by atoms with Gasteiger partial charge in [0.1, 0.15) is 11.5 Å². The fraction of sp³-hybridized carbons (Fsp3) is 0.133. The van der Waals surface area contributed by atoms with Crippen LogP contribution in [0.1, 0.15) is 27.4 Å². The van der Waals surface area contributed by atoms with Crippen molar-refractivity contribution in [1.82, 2.24) is 5.43 Å². The molecule has 0 saturated heterocycles. The average Bonchev–Trinajstić information content (AvgIpc) is 3.02. The van der Waals surface area contributed by atoms with Crippen LogP contribution < -0.4 is 21.5 Å². The van der Waals surface area contributed by atoms with Crippen LogP contribution in [0.2, 0.25) is 0 Å². The molecule has 4 N–H and O–H groups in total. The molecule has 0 bridgehead atoms. The van der Waals surface area contributed by atoms with Crippen LogP contribution in [0.3, 0.4) is 0 Å². The number of nitriles is 1. The number of rotatable bonds is 7. The van der Waals surface area contributed by atoms with Gasteiger partial charge in [0.05, 0.1) is 59.9 Å². The second kappa shape index (κ2) is 12.4. The van der Waals surface area contributed by atoms with Gasteiger partial charge in [-0.1, -0.05) is 48.5 Å². The van der Waals surface area contributed by atoms with Crippen LogP contribution in [0, 0.1) is 11.3 Å². The van der Waals surface area contributed by atoms with E-state index in [-0.39, 0.29) is 16.8 Å². The van der Waals surface area contributed by atoms with E-state index in [4.69, 9.17) is 15.2 Å². The number of benzene rings is 3. The highest BCUT2D eigenvalue weighted by Crippen LogP contribution is 2.44. The Morgan fingerprint density at radius 1 is 0.930 bits per heavy atom. The van der Waals surface area contributed by atoms with E-state index in [2.05, 4.69) is 10.9 Å². The van der Waals surface area contributed by atoms with Crippen LogP contribution in [0.4, 0.5) is 24.5 Å². The molecular formula is C30H24F3N5O5. The van der Waals surface area contributed by atoms with E-state index in [1.165, 1.54) is 0 Å². The second-order valence-corrected chi connectivity index (χ2v) is 9.01. The number of nitrogens with one attached hydrogen (secondary N) is 2. The van der Waals surface area contributed by atoms with E-state index in [0.717, 1.165) is 25.2 Å². The first-order chi connectivity index (χ1) is 20.5. The standard InChI is InChI=1S/C30H24F3N5O5/c1-42-28(40)24-23(17-9-5-3-6-10-17)21(16-34)26(35)38(25(24)29(41)43-2)22-14-13-18(30(31,32)33)15-20(22)27(39)37-36-19-11-7-4-8-12-19/h3-15,23,36H,35H2,1-2H3,(H,37,39). The van der Waals surface area contributed by atoms with Crippen molar-refractivity contribution in [3.8, 4) is 6.07 Å². The summed E-state index contributed by atoms with van der Waals surface area (Å²) in [4.78, 5) is 40.9. The minimum Gasteiger partial charge on any atom is -0.466 e. The summed E-state index contributed by atoms with van der Waals surface area (Å²) in [5.74, 6) is -4.85. The van der Waals surface area contributed by atoms with Crippen molar-refractivity contribution in [2.75, 3.05) is 24.5 Å². The maximum absolute atomic E-state index is 13.8. The van der Waals surface area contributed by atoms with Crippen LogP contribution in [-0.2, 0) is 25.2 Å². The van der Waals surface area contributed by atoms with E-state index in [1.807, 2.05) is 6.07 Å². The van der Waals surface area contributed by atoms with E-state index in [0.29, 0.717) is 23.4 Å². The van der Waals surface area contributed by atoms with Crippen LogP contribution in [0.5, 0.6) is 0 Å². The van der Waals surface area contributed by atoms with Gasteiger partial charge in [-0.3, -0.25) is 20.5 Å². The van der Waals surface area contributed by atoms with Gasteiger partial charge in [0.2, 0.25) is 0 Å². The van der Waals surface area contributed by atoms with E-state index in [9.17, 15) is 32.8 Å². The number of alkyl halides is 3. The first-order valence-corrected chi connectivity index (χ1v) is 12.5. The zero-order valence-corrected chi connectivity index (χ0v) is 22.7. The zero-order chi connectivity index (χ0) is 31.3. The molecule has 3 aromatic rings. The number of halogens is 3. The summed E-state index contributed by atoms with van der Waals surface area (Å²) in [6, 6.07) is 20.5. The number of nitrogens with two attached hydrogens (primary N) is 1. The lowest BCUT2D eigenvalue weighted by molar-refractivity contribution is -0.139. The quantitative estimate of drug-likeness (QED) is 0.269. The summed E-state index contributed by atoms with van der Waals surface area (Å²) in [6.45, 7) is 0. The van der Waals surface area contributed by atoms with Gasteiger partial charge in [-0.2, -0.15) is 18.4 Å². The third-order valence-corrected chi connectivity index (χ3v) is 6.51. The van der Waals surface area contributed by atoms with Crippen LogP contribution in [0.15, 0.2) is 102 Å². The number of hydrazine groups is 1. The van der Waals surface area contributed by atoms with Gasteiger partial charge >= 0.3 is 18.1 Å². The van der Waals surface area contributed by atoms with Crippen molar-refractivity contribution in [1.29, 1.82) is 5.26 Å². The molecule has 220 valence electrons. The highest BCUT2D eigenvalue weighted by atomic mass is 19.4. The number of hydrogen-bond acceptors (Lipinski definition) is 9. The maximum Gasteiger partial charge on any atom is 0.416 e. The molecule has 0 fully saturated rings. The van der Waals surface area contributed by atoms with Gasteiger partial charge in [-0.15, -0.1) is 0 Å². The van der Waals surface area contributed by atoms with Gasteiger partial charge < -0.3 is 15.2 Å². The Labute approximate surface area is 243 Å². The number of amides is 1. The predicted octanol–water partition coefficient (Wildman–Crippen LogP) is 4.36. The molecule has 0 saturated carbocycles. The Kier molecular flexibility index (Phi) is 8.70. The Bertz CT molecular complexity index is 1660. The molecule has 13 heteroatoms. The van der Waals surface area contributed by atoms with Crippen molar-refractivity contribution in [3.05, 3.63) is 118 Å². The largest absolute Gasteiger partial charge is 0.466 e. The highest BCUT2D eigenvalue weighted by molar-refractivity contribution is 6.09. The molecule has 1 unspecified atom stereocenters. The first-order valence-electron chi connectivity index (χ1n) is 12.5. The molecule has 1 atom stereocenters. The van der Waals surface area contributed by atoms with E-state index < -0.39 is 52.6 Å². The monoisotopic (exact) mass is 591 g/mol. The number of methoxy groups -OCH3 is 2. The number of hydrogen-bond donors (Lipinski definition) is 3. The summed E-state index contributed by atoms with van der Waals surface area (Å²) in [6.07, 6.45) is -4.85. The molecular weight excluding hydrogens is 567 g/mol. The number of anilines is 2. The second-order valence-electron chi connectivity index (χ2n) is 9.01. The number of carbonyl (C=O) groups is 3. The Morgan fingerprint density at radius 2 is 1.53 bits per heavy atom. The Morgan fingerprint density at radius 3 is 2.09 bits per heavy atom. The minimum atomic E-state index is -4.85. The molecule has 4 rings (SSSR count). The summed E-state index contributed by atoms with van der Waals surface area (Å²) in [7, 11) is 2.07. The molecule has 1 aliphatic rings. The van der Waals surface area contributed by atoms with Gasteiger partial charge in [-0.25, -0.2) is 9.59 Å². The SMILES string of the molecule is COC(=O)C1=C(C(=O)OC)N(c2ccc(C(F)(F)F)cc2C(=O)NNc2ccccc2)C(N)=C(C#N)C1c1ccccc1. The lowest BCUT2D eigenvalue weighted by Gasteiger charge is -2.36. The third-order valence-electron chi connectivity index (χ3n) is 6.51. The van der Waals surface area contributed by atoms with Gasteiger partial charge in [0.15, 0.2) is 0 Å². The normalized spacial score (nSPS) is 15.0. The van der Waals surface area contributed by atoms with Gasteiger partial charge in [0, 0.05) is 0 Å². The maximum atomic E-state index is 13.8. The number of esters is 2. The number of nitrogens with zero attached hydrogens (tertiary/aromatic N) is 2. The fourth-order valence-electron chi connectivity index (χ4n) is 4.57. The van der Waals surface area contributed by atoms with Crippen LogP contribution in [-0.4, -0.2) is 32.1 Å². The molecule has 0 aliphatic carbocycles.